The second-order valence-electron chi connectivity index (χ2n) is 15.9. The molecule has 0 aromatic heterocycles. The van der Waals surface area contributed by atoms with Crippen LogP contribution in [-0.4, -0.2) is 146 Å². The van der Waals surface area contributed by atoms with E-state index in [-0.39, 0.29) is 11.1 Å². The molecule has 2 aliphatic heterocycles. The van der Waals surface area contributed by atoms with E-state index in [1.807, 2.05) is 0 Å². The van der Waals surface area contributed by atoms with E-state index in [4.69, 9.17) is 17.3 Å². The Labute approximate surface area is 314 Å². The Morgan fingerprint density at radius 1 is 0.623 bits per heavy atom. The van der Waals surface area contributed by atoms with Crippen molar-refractivity contribution in [2.75, 3.05) is 19.8 Å². The van der Waals surface area contributed by atoms with Crippen LogP contribution < -0.4 is 0 Å². The molecule has 0 radical (unpaired) electrons. The number of rotatable bonds is 11. The molecule has 0 spiro atoms. The topological polar surface area (TPSA) is 233 Å². The normalized spacial score (nSPS) is 36.6. The van der Waals surface area contributed by atoms with Crippen molar-refractivity contribution in [2.24, 2.45) is 0 Å². The van der Waals surface area contributed by atoms with Crippen molar-refractivity contribution >= 4 is 30.7 Å². The zero-order chi connectivity index (χ0) is 38.0. The van der Waals surface area contributed by atoms with Crippen molar-refractivity contribution < 1.29 is 67.7 Å². The number of benzene rings is 1. The molecule has 14 nitrogen and oxygen atoms in total. The van der Waals surface area contributed by atoms with Crippen LogP contribution in [0.1, 0.15) is 117 Å². The Morgan fingerprint density at radius 3 is 1.51 bits per heavy atom. The SMILES string of the molecule is O=C(O[C@@]1([C@@]2(CO)O[C@H](CO)[C@@H](O)[C@@H]2O)O[C@H](CO)[C@@H](O)[C@H](O)[C@H]1O)c1ccccc1C(=O)[O][Sn]([CH]1CCCCC1)([CH]1CCCCC1)[CH]1CCCCC1. The molecule has 3 aliphatic carbocycles. The molecule has 6 rings (SSSR count). The summed E-state index contributed by atoms with van der Waals surface area (Å²) >= 11 is -3.94. The summed E-state index contributed by atoms with van der Waals surface area (Å²) < 4.78 is 25.7. The fourth-order valence-electron chi connectivity index (χ4n) is 10.4. The summed E-state index contributed by atoms with van der Waals surface area (Å²) in [5, 5.41) is 85.9. The van der Waals surface area contributed by atoms with Gasteiger partial charge in [-0.25, -0.2) is 0 Å². The summed E-state index contributed by atoms with van der Waals surface area (Å²) in [6.45, 7) is -3.15. The Hall–Kier alpha value is -1.44. The first-order valence-electron chi connectivity index (χ1n) is 19.7. The summed E-state index contributed by atoms with van der Waals surface area (Å²) in [7, 11) is 0. The number of carbonyl (C=O) groups is 2. The van der Waals surface area contributed by atoms with Crippen molar-refractivity contribution in [1.29, 1.82) is 0 Å². The number of ether oxygens (including phenoxy) is 3. The molecule has 15 heteroatoms. The van der Waals surface area contributed by atoms with Gasteiger partial charge in [-0.1, -0.05) is 0 Å². The fraction of sp³-hybridized carbons (Fsp3) is 0.789. The molecule has 5 fully saturated rings. The third-order valence-electron chi connectivity index (χ3n) is 13.1. The Bertz CT molecular complexity index is 1350. The van der Waals surface area contributed by atoms with E-state index in [9.17, 15) is 50.4 Å². The van der Waals surface area contributed by atoms with Gasteiger partial charge < -0.3 is 0 Å². The van der Waals surface area contributed by atoms with Crippen LogP contribution in [0.2, 0.25) is 11.8 Å². The van der Waals surface area contributed by atoms with Gasteiger partial charge in [0, 0.05) is 0 Å². The zero-order valence-electron chi connectivity index (χ0n) is 30.3. The first-order chi connectivity index (χ1) is 25.5. The standard InChI is InChI=1S/C20H26O14.3C6H11.Sn/c21-5-10-12(24)14(26)16(28)20(33-10,19(7-23)15(27)13(25)11(6-22)32-19)34-18(31)9-4-2-1-3-8(9)17(29)30;3*1-2-4-6-5-3-1;/h1-4,10-16,21-28H,5-7H2,(H,29,30);3*1H,2-6H2;/q;;;;+1/p-1/t10-,11-,12-,13-,14+,15+,16-,19+,20+;;;;/m1..../s1. The van der Waals surface area contributed by atoms with Crippen LogP contribution in [0.25, 0.3) is 0 Å². The Kier molecular flexibility index (Phi) is 13.5. The quantitative estimate of drug-likeness (QED) is 0.118. The first kappa shape index (κ1) is 41.2. The van der Waals surface area contributed by atoms with E-state index in [1.54, 1.807) is 6.07 Å². The van der Waals surface area contributed by atoms with Gasteiger partial charge in [0.2, 0.25) is 0 Å². The molecule has 1 aromatic carbocycles. The summed E-state index contributed by atoms with van der Waals surface area (Å²) in [6.07, 6.45) is 2.47. The van der Waals surface area contributed by atoms with Crippen LogP contribution in [0.4, 0.5) is 0 Å². The molecule has 0 bridgehead atoms. The van der Waals surface area contributed by atoms with E-state index < -0.39 is 105 Å². The number of hydrogen-bond donors (Lipinski definition) is 8. The van der Waals surface area contributed by atoms with E-state index in [1.165, 1.54) is 37.5 Å². The van der Waals surface area contributed by atoms with Crippen molar-refractivity contribution in [2.45, 2.75) is 162 Å². The van der Waals surface area contributed by atoms with Gasteiger partial charge in [0.1, 0.15) is 0 Å². The minimum absolute atomic E-state index is 0.0834. The van der Waals surface area contributed by atoms with Gasteiger partial charge in [-0.3, -0.25) is 0 Å². The van der Waals surface area contributed by atoms with Gasteiger partial charge in [0.25, 0.3) is 0 Å². The van der Waals surface area contributed by atoms with Crippen LogP contribution in [0.5, 0.6) is 0 Å². The molecule has 298 valence electrons. The molecular weight excluding hydrogens is 799 g/mol. The van der Waals surface area contributed by atoms with Crippen molar-refractivity contribution in [3.05, 3.63) is 35.4 Å². The van der Waals surface area contributed by atoms with Crippen LogP contribution in [0.3, 0.4) is 0 Å². The number of aliphatic hydroxyl groups is 8. The molecule has 9 atom stereocenters. The Morgan fingerprint density at radius 2 is 1.08 bits per heavy atom. The molecule has 0 amide bonds. The molecular formula is C38H58O14Sn. The van der Waals surface area contributed by atoms with Crippen LogP contribution >= 0.6 is 0 Å². The fourth-order valence-corrected chi connectivity index (χ4v) is 30.0. The van der Waals surface area contributed by atoms with Gasteiger partial charge in [-0.05, 0) is 0 Å². The average molecular weight is 858 g/mol. The van der Waals surface area contributed by atoms with E-state index >= 15 is 0 Å². The molecule has 53 heavy (non-hydrogen) atoms. The second kappa shape index (κ2) is 17.4. The van der Waals surface area contributed by atoms with Gasteiger partial charge in [-0.15, -0.1) is 0 Å². The molecule has 1 aromatic rings. The van der Waals surface area contributed by atoms with Gasteiger partial charge >= 0.3 is 316 Å². The molecule has 2 heterocycles. The number of aliphatic hydroxyl groups excluding tert-OH is 8. The minimum atomic E-state index is -3.94. The van der Waals surface area contributed by atoms with Crippen LogP contribution in [0, 0.1) is 0 Å². The molecule has 0 unspecified atom stereocenters. The van der Waals surface area contributed by atoms with Gasteiger partial charge in [0.05, 0.1) is 0 Å². The van der Waals surface area contributed by atoms with Gasteiger partial charge in [-0.2, -0.15) is 0 Å². The van der Waals surface area contributed by atoms with Crippen molar-refractivity contribution in [3.63, 3.8) is 0 Å². The molecule has 8 N–H and O–H groups in total. The van der Waals surface area contributed by atoms with E-state index in [2.05, 4.69) is 0 Å². The third kappa shape index (κ3) is 7.33. The summed E-state index contributed by atoms with van der Waals surface area (Å²) in [6, 6.07) is 5.89. The van der Waals surface area contributed by atoms with Crippen molar-refractivity contribution in [3.8, 4) is 0 Å². The summed E-state index contributed by atoms with van der Waals surface area (Å²) in [5.41, 5.74) is -3.13. The third-order valence-corrected chi connectivity index (χ3v) is 30.5. The molecule has 2 saturated heterocycles. The summed E-state index contributed by atoms with van der Waals surface area (Å²) in [5.74, 6) is -5.01. The predicted molar refractivity (Wildman–Crippen MR) is 190 cm³/mol. The first-order valence-corrected chi connectivity index (χ1v) is 25.8. The van der Waals surface area contributed by atoms with Crippen LogP contribution in [-0.2, 0) is 17.3 Å². The maximum absolute atomic E-state index is 14.8. The van der Waals surface area contributed by atoms with E-state index in [0.717, 1.165) is 77.0 Å². The molecule has 3 saturated carbocycles. The Balaban J connectivity index is 1.40. The van der Waals surface area contributed by atoms with Crippen LogP contribution in [0.15, 0.2) is 24.3 Å². The van der Waals surface area contributed by atoms with Crippen molar-refractivity contribution in [1.82, 2.24) is 0 Å². The molecule has 5 aliphatic rings. The van der Waals surface area contributed by atoms with Gasteiger partial charge in [0.15, 0.2) is 0 Å². The zero-order valence-corrected chi connectivity index (χ0v) is 33.2. The number of hydrogen-bond acceptors (Lipinski definition) is 14. The number of esters is 1. The predicted octanol–water partition coefficient (Wildman–Crippen LogP) is 1.96. The monoisotopic (exact) mass is 858 g/mol. The summed E-state index contributed by atoms with van der Waals surface area (Å²) in [4.78, 5) is 29.2. The number of carbonyl (C=O) groups excluding carboxylic acids is 2. The average Bonchev–Trinajstić information content (AvgIpc) is 3.47. The maximum atomic E-state index is 14.8. The second-order valence-corrected chi connectivity index (χ2v) is 28.4. The van der Waals surface area contributed by atoms with E-state index in [0.29, 0.717) is 11.8 Å².